The van der Waals surface area contributed by atoms with Gasteiger partial charge in [0.05, 0.1) is 23.3 Å². The molecule has 0 bridgehead atoms. The Morgan fingerprint density at radius 1 is 1.22 bits per heavy atom. The van der Waals surface area contributed by atoms with Gasteiger partial charge in [-0.3, -0.25) is 19.4 Å². The van der Waals surface area contributed by atoms with Crippen LogP contribution in [0.4, 0.5) is 5.69 Å². The van der Waals surface area contributed by atoms with Gasteiger partial charge in [-0.15, -0.1) is 0 Å². The SMILES string of the molecule is CCCC(=O)Nc1ccc2c(c1)OC[C@@H](C)N(C(=O)c1cccnc1)C[C@H](C)[C@@H](OC)CN(C)C2=O. The van der Waals surface area contributed by atoms with Crippen LogP contribution in [0.5, 0.6) is 5.75 Å². The van der Waals surface area contributed by atoms with Gasteiger partial charge in [0, 0.05) is 63.7 Å². The Hall–Kier alpha value is -3.46. The van der Waals surface area contributed by atoms with Gasteiger partial charge in [-0.25, -0.2) is 0 Å². The third kappa shape index (κ3) is 6.60. The van der Waals surface area contributed by atoms with E-state index in [1.807, 2.05) is 20.8 Å². The molecule has 1 N–H and O–H groups in total. The summed E-state index contributed by atoms with van der Waals surface area (Å²) < 4.78 is 11.9. The second-order valence-electron chi connectivity index (χ2n) is 9.31. The molecule has 2 aromatic rings. The average molecular weight is 497 g/mol. The summed E-state index contributed by atoms with van der Waals surface area (Å²) in [6, 6.07) is 8.19. The molecule has 3 amide bonds. The standard InChI is InChI=1S/C27H36N4O5/c1-6-8-25(32)29-21-10-11-22-23(13-21)36-17-19(3)31(26(33)20-9-7-12-28-14-20)15-18(2)24(35-5)16-30(4)27(22)34/h7,9-14,18-19,24H,6,8,15-17H2,1-5H3,(H,29,32)/t18-,19+,24-/m0/s1. The molecule has 1 aliphatic heterocycles. The maximum atomic E-state index is 13.4. The summed E-state index contributed by atoms with van der Waals surface area (Å²) in [5.41, 5.74) is 1.42. The molecule has 36 heavy (non-hydrogen) atoms. The fourth-order valence-corrected chi connectivity index (χ4v) is 4.24. The van der Waals surface area contributed by atoms with Crippen LogP contribution in [0.15, 0.2) is 42.7 Å². The van der Waals surface area contributed by atoms with E-state index >= 15 is 0 Å². The van der Waals surface area contributed by atoms with Gasteiger partial charge in [-0.1, -0.05) is 13.8 Å². The van der Waals surface area contributed by atoms with Crippen molar-refractivity contribution in [3.63, 3.8) is 0 Å². The number of hydrogen-bond acceptors (Lipinski definition) is 6. The first-order valence-corrected chi connectivity index (χ1v) is 12.3. The van der Waals surface area contributed by atoms with E-state index in [1.165, 1.54) is 0 Å². The highest BCUT2D eigenvalue weighted by molar-refractivity contribution is 5.98. The predicted molar refractivity (Wildman–Crippen MR) is 137 cm³/mol. The van der Waals surface area contributed by atoms with Crippen LogP contribution in [0.2, 0.25) is 0 Å². The Balaban J connectivity index is 1.97. The molecule has 1 aromatic carbocycles. The lowest BCUT2D eigenvalue weighted by Gasteiger charge is -2.36. The van der Waals surface area contributed by atoms with Gasteiger partial charge in [-0.05, 0) is 37.6 Å². The van der Waals surface area contributed by atoms with Crippen LogP contribution in [0, 0.1) is 5.92 Å². The number of methoxy groups -OCH3 is 1. The van der Waals surface area contributed by atoms with Crippen LogP contribution < -0.4 is 10.1 Å². The number of carbonyl (C=O) groups excluding carboxylic acids is 3. The van der Waals surface area contributed by atoms with Crippen LogP contribution in [-0.2, 0) is 9.53 Å². The average Bonchev–Trinajstić information content (AvgIpc) is 2.88. The lowest BCUT2D eigenvalue weighted by molar-refractivity contribution is -0.116. The van der Waals surface area contributed by atoms with E-state index in [9.17, 15) is 14.4 Å². The highest BCUT2D eigenvalue weighted by Crippen LogP contribution is 2.27. The summed E-state index contributed by atoms with van der Waals surface area (Å²) in [5.74, 6) is -0.161. The highest BCUT2D eigenvalue weighted by Gasteiger charge is 2.31. The number of amides is 3. The van der Waals surface area contributed by atoms with Crippen molar-refractivity contribution in [1.82, 2.24) is 14.8 Å². The zero-order valence-electron chi connectivity index (χ0n) is 21.7. The lowest BCUT2D eigenvalue weighted by Crippen LogP contribution is -2.48. The third-order valence-electron chi connectivity index (χ3n) is 6.38. The molecular weight excluding hydrogens is 460 g/mol. The first kappa shape index (κ1) is 27.1. The van der Waals surface area contributed by atoms with Crippen LogP contribution >= 0.6 is 0 Å². The molecule has 9 heteroatoms. The highest BCUT2D eigenvalue weighted by atomic mass is 16.5. The van der Waals surface area contributed by atoms with E-state index < -0.39 is 0 Å². The van der Waals surface area contributed by atoms with E-state index in [0.29, 0.717) is 42.1 Å². The van der Waals surface area contributed by atoms with Gasteiger partial charge < -0.3 is 24.6 Å². The van der Waals surface area contributed by atoms with Gasteiger partial charge in [0.25, 0.3) is 11.8 Å². The fraction of sp³-hybridized carbons (Fsp3) is 0.481. The maximum Gasteiger partial charge on any atom is 0.257 e. The third-order valence-corrected chi connectivity index (χ3v) is 6.38. The molecule has 0 fully saturated rings. The van der Waals surface area contributed by atoms with E-state index in [-0.39, 0.29) is 42.4 Å². The van der Waals surface area contributed by atoms with Gasteiger partial charge in [0.1, 0.15) is 12.4 Å². The normalized spacial score (nSPS) is 21.0. The fourth-order valence-electron chi connectivity index (χ4n) is 4.24. The smallest absolute Gasteiger partial charge is 0.257 e. The van der Waals surface area contributed by atoms with E-state index in [1.54, 1.807) is 66.7 Å². The van der Waals surface area contributed by atoms with Crippen molar-refractivity contribution < 1.29 is 23.9 Å². The van der Waals surface area contributed by atoms with Crippen molar-refractivity contribution in [2.75, 3.05) is 39.2 Å². The quantitative estimate of drug-likeness (QED) is 0.680. The largest absolute Gasteiger partial charge is 0.491 e. The molecule has 2 heterocycles. The number of ether oxygens (including phenoxy) is 2. The summed E-state index contributed by atoms with van der Waals surface area (Å²) in [6.07, 6.45) is 4.03. The number of rotatable bonds is 5. The second-order valence-corrected chi connectivity index (χ2v) is 9.31. The zero-order valence-corrected chi connectivity index (χ0v) is 21.7. The molecule has 1 aliphatic rings. The summed E-state index contributed by atoms with van der Waals surface area (Å²) >= 11 is 0. The van der Waals surface area contributed by atoms with Gasteiger partial charge in [-0.2, -0.15) is 0 Å². The van der Waals surface area contributed by atoms with Crippen molar-refractivity contribution in [3.05, 3.63) is 53.9 Å². The molecule has 1 aromatic heterocycles. The minimum atomic E-state index is -0.309. The molecule has 3 rings (SSSR count). The van der Waals surface area contributed by atoms with Crippen molar-refractivity contribution in [1.29, 1.82) is 0 Å². The van der Waals surface area contributed by atoms with Crippen molar-refractivity contribution >= 4 is 23.4 Å². The van der Waals surface area contributed by atoms with Crippen LogP contribution in [0.25, 0.3) is 0 Å². The number of likely N-dealkylation sites (N-methyl/N-ethyl adjacent to an activating group) is 1. The summed E-state index contributed by atoms with van der Waals surface area (Å²) in [7, 11) is 3.33. The number of pyridine rings is 1. The van der Waals surface area contributed by atoms with Crippen molar-refractivity contribution in [2.24, 2.45) is 5.92 Å². The van der Waals surface area contributed by atoms with E-state index in [2.05, 4.69) is 10.3 Å². The van der Waals surface area contributed by atoms with Crippen molar-refractivity contribution in [3.8, 4) is 5.75 Å². The first-order valence-electron chi connectivity index (χ1n) is 12.3. The number of fused-ring (bicyclic) bond motifs is 1. The van der Waals surface area contributed by atoms with Gasteiger partial charge >= 0.3 is 0 Å². The Bertz CT molecular complexity index is 1060. The van der Waals surface area contributed by atoms with E-state index in [0.717, 1.165) is 6.42 Å². The Labute approximate surface area is 212 Å². The number of nitrogens with one attached hydrogen (secondary N) is 1. The van der Waals surface area contributed by atoms with Crippen LogP contribution in [0.3, 0.4) is 0 Å². The minimum Gasteiger partial charge on any atom is -0.491 e. The van der Waals surface area contributed by atoms with E-state index in [4.69, 9.17) is 9.47 Å². The number of anilines is 1. The maximum absolute atomic E-state index is 13.4. The molecule has 0 radical (unpaired) electrons. The topological polar surface area (TPSA) is 101 Å². The summed E-state index contributed by atoms with van der Waals surface area (Å²) in [4.78, 5) is 46.3. The molecular formula is C27H36N4O5. The summed E-state index contributed by atoms with van der Waals surface area (Å²) in [6.45, 7) is 6.77. The van der Waals surface area contributed by atoms with Crippen LogP contribution in [0.1, 0.15) is 54.3 Å². The zero-order chi connectivity index (χ0) is 26.2. The van der Waals surface area contributed by atoms with Crippen molar-refractivity contribution in [2.45, 2.75) is 45.8 Å². The van der Waals surface area contributed by atoms with Gasteiger partial charge in [0.2, 0.25) is 5.91 Å². The Morgan fingerprint density at radius 3 is 2.67 bits per heavy atom. The monoisotopic (exact) mass is 496 g/mol. The molecule has 194 valence electrons. The van der Waals surface area contributed by atoms with Crippen LogP contribution in [-0.4, -0.2) is 78.5 Å². The second kappa shape index (κ2) is 12.5. The van der Waals surface area contributed by atoms with Gasteiger partial charge in [0.15, 0.2) is 0 Å². The summed E-state index contributed by atoms with van der Waals surface area (Å²) in [5, 5.41) is 2.85. The minimum absolute atomic E-state index is 0.0524. The lowest BCUT2D eigenvalue weighted by atomic mass is 10.0. The number of hydrogen-bond donors (Lipinski definition) is 1. The molecule has 0 saturated heterocycles. The molecule has 0 spiro atoms. The molecule has 3 atom stereocenters. The number of benzene rings is 1. The first-order chi connectivity index (χ1) is 17.2. The Kier molecular flexibility index (Phi) is 9.41. The molecule has 0 aliphatic carbocycles. The molecule has 0 unspecified atom stereocenters. The Morgan fingerprint density at radius 2 is 2.00 bits per heavy atom. The predicted octanol–water partition coefficient (Wildman–Crippen LogP) is 3.47. The number of aromatic nitrogens is 1. The molecule has 9 nitrogen and oxygen atoms in total. The number of nitrogens with zero attached hydrogens (tertiary/aromatic N) is 3. The number of carbonyl (C=O) groups is 3. The molecule has 0 saturated carbocycles.